The average Bonchev–Trinajstić information content (AvgIpc) is 2.81. The van der Waals surface area contributed by atoms with Crippen molar-refractivity contribution in [3.8, 4) is 0 Å². The van der Waals surface area contributed by atoms with E-state index in [4.69, 9.17) is 0 Å². The van der Waals surface area contributed by atoms with E-state index >= 15 is 0 Å². The van der Waals surface area contributed by atoms with E-state index in [9.17, 15) is 4.39 Å². The molecule has 2 rings (SSSR count). The molecule has 0 aliphatic rings. The van der Waals surface area contributed by atoms with E-state index in [-0.39, 0.29) is 11.7 Å². The van der Waals surface area contributed by atoms with Crippen LogP contribution in [0, 0.1) is 5.82 Å². The van der Waals surface area contributed by atoms with Crippen molar-refractivity contribution in [1.82, 2.24) is 20.1 Å². The second-order valence-corrected chi connectivity index (χ2v) is 5.32. The average molecular weight is 276 g/mol. The van der Waals surface area contributed by atoms with Crippen molar-refractivity contribution >= 4 is 0 Å². The zero-order valence-electron chi connectivity index (χ0n) is 12.2. The Morgan fingerprint density at radius 2 is 1.95 bits per heavy atom. The molecule has 4 nitrogen and oxygen atoms in total. The van der Waals surface area contributed by atoms with Gasteiger partial charge in [-0.2, -0.15) is 5.10 Å². The summed E-state index contributed by atoms with van der Waals surface area (Å²) in [5.41, 5.74) is 1.11. The van der Waals surface area contributed by atoms with Gasteiger partial charge in [0.05, 0.1) is 0 Å². The number of aromatic nitrogens is 3. The first-order valence-corrected chi connectivity index (χ1v) is 6.88. The molecule has 0 fully saturated rings. The van der Waals surface area contributed by atoms with Crippen LogP contribution in [0.3, 0.4) is 0 Å². The van der Waals surface area contributed by atoms with Gasteiger partial charge in [0.1, 0.15) is 18.0 Å². The van der Waals surface area contributed by atoms with Gasteiger partial charge in [0.2, 0.25) is 0 Å². The highest BCUT2D eigenvalue weighted by atomic mass is 19.1. The van der Waals surface area contributed by atoms with Gasteiger partial charge in [0, 0.05) is 32.0 Å². The summed E-state index contributed by atoms with van der Waals surface area (Å²) in [5.74, 6) is 0.980. The molecule has 0 amide bonds. The quantitative estimate of drug-likeness (QED) is 0.880. The van der Waals surface area contributed by atoms with E-state index in [0.29, 0.717) is 6.04 Å². The van der Waals surface area contributed by atoms with Crippen molar-refractivity contribution in [2.75, 3.05) is 6.54 Å². The maximum atomic E-state index is 13.1. The summed E-state index contributed by atoms with van der Waals surface area (Å²) in [6.07, 6.45) is 2.34. The minimum Gasteiger partial charge on any atom is -0.314 e. The number of nitrogens with one attached hydrogen (secondary N) is 1. The summed E-state index contributed by atoms with van der Waals surface area (Å²) in [7, 11) is 1.89. The molecule has 5 heteroatoms. The van der Waals surface area contributed by atoms with Crippen molar-refractivity contribution in [3.05, 3.63) is 47.8 Å². The van der Waals surface area contributed by atoms with E-state index in [1.807, 2.05) is 19.2 Å². The van der Waals surface area contributed by atoms with Gasteiger partial charge < -0.3 is 5.32 Å². The number of halogens is 1. The van der Waals surface area contributed by atoms with Crippen LogP contribution in [-0.4, -0.2) is 27.4 Å². The predicted molar refractivity (Wildman–Crippen MR) is 77.0 cm³/mol. The van der Waals surface area contributed by atoms with Gasteiger partial charge in [-0.05, 0) is 17.7 Å². The molecule has 0 radical (unpaired) electrons. The molecule has 0 saturated heterocycles. The first kappa shape index (κ1) is 14.7. The van der Waals surface area contributed by atoms with Crippen LogP contribution in [0.25, 0.3) is 0 Å². The van der Waals surface area contributed by atoms with Crippen LogP contribution in [0.15, 0.2) is 30.6 Å². The Balaban J connectivity index is 2.15. The lowest BCUT2D eigenvalue weighted by Crippen LogP contribution is -2.29. The van der Waals surface area contributed by atoms with Gasteiger partial charge >= 0.3 is 0 Å². The molecule has 0 bridgehead atoms. The number of aryl methyl sites for hydroxylation is 1. The topological polar surface area (TPSA) is 42.7 Å². The van der Waals surface area contributed by atoms with Crippen molar-refractivity contribution < 1.29 is 4.39 Å². The highest BCUT2D eigenvalue weighted by Gasteiger charge is 2.15. The van der Waals surface area contributed by atoms with Gasteiger partial charge in [-0.25, -0.2) is 9.37 Å². The third-order valence-corrected chi connectivity index (χ3v) is 3.35. The zero-order chi connectivity index (χ0) is 14.5. The molecule has 0 aliphatic carbocycles. The second kappa shape index (κ2) is 6.61. The standard InChI is InChI=1S/C15H21FN4/c1-11(2)17-9-13(8-15-18-10-19-20(15)3)12-4-6-14(16)7-5-12/h4-7,10-11,13,17H,8-9H2,1-3H3. The number of rotatable bonds is 6. The van der Waals surface area contributed by atoms with Crippen LogP contribution in [0.5, 0.6) is 0 Å². The first-order valence-electron chi connectivity index (χ1n) is 6.88. The Morgan fingerprint density at radius 1 is 1.25 bits per heavy atom. The molecule has 108 valence electrons. The summed E-state index contributed by atoms with van der Waals surface area (Å²) in [6, 6.07) is 7.12. The van der Waals surface area contributed by atoms with Crippen LogP contribution in [0.2, 0.25) is 0 Å². The molecule has 0 aliphatic heterocycles. The fraction of sp³-hybridized carbons (Fsp3) is 0.467. The van der Waals surface area contributed by atoms with Crippen LogP contribution in [0.1, 0.15) is 31.2 Å². The van der Waals surface area contributed by atoms with E-state index in [0.717, 1.165) is 24.4 Å². The fourth-order valence-corrected chi connectivity index (χ4v) is 2.15. The van der Waals surface area contributed by atoms with E-state index in [2.05, 4.69) is 29.2 Å². The Kier molecular flexibility index (Phi) is 4.84. The third kappa shape index (κ3) is 3.87. The lowest BCUT2D eigenvalue weighted by molar-refractivity contribution is 0.512. The van der Waals surface area contributed by atoms with Gasteiger partial charge in [0.15, 0.2) is 0 Å². The summed E-state index contributed by atoms with van der Waals surface area (Å²) >= 11 is 0. The Labute approximate surface area is 119 Å². The molecule has 1 heterocycles. The van der Waals surface area contributed by atoms with E-state index in [1.165, 1.54) is 12.1 Å². The summed E-state index contributed by atoms with van der Waals surface area (Å²) in [4.78, 5) is 4.28. The van der Waals surface area contributed by atoms with Gasteiger partial charge in [-0.3, -0.25) is 4.68 Å². The molecule has 0 saturated carbocycles. The minimum atomic E-state index is -0.206. The molecular weight excluding hydrogens is 255 g/mol. The molecular formula is C15H21FN4. The maximum Gasteiger partial charge on any atom is 0.138 e. The monoisotopic (exact) mass is 276 g/mol. The SMILES string of the molecule is CC(C)NCC(Cc1ncnn1C)c1ccc(F)cc1. The third-order valence-electron chi connectivity index (χ3n) is 3.35. The Hall–Kier alpha value is -1.75. The summed E-state index contributed by atoms with van der Waals surface area (Å²) in [5, 5.41) is 7.54. The zero-order valence-corrected chi connectivity index (χ0v) is 12.2. The molecule has 1 aromatic heterocycles. The molecule has 1 N–H and O–H groups in total. The second-order valence-electron chi connectivity index (χ2n) is 5.32. The largest absolute Gasteiger partial charge is 0.314 e. The fourth-order valence-electron chi connectivity index (χ4n) is 2.15. The Morgan fingerprint density at radius 3 is 2.50 bits per heavy atom. The van der Waals surface area contributed by atoms with Crippen LogP contribution in [0.4, 0.5) is 4.39 Å². The van der Waals surface area contributed by atoms with Crippen molar-refractivity contribution in [2.24, 2.45) is 7.05 Å². The molecule has 1 unspecified atom stereocenters. The Bertz CT molecular complexity index is 533. The van der Waals surface area contributed by atoms with Crippen LogP contribution in [-0.2, 0) is 13.5 Å². The summed E-state index contributed by atoms with van der Waals surface area (Å²) in [6.45, 7) is 5.06. The molecule has 20 heavy (non-hydrogen) atoms. The number of hydrogen-bond donors (Lipinski definition) is 1. The van der Waals surface area contributed by atoms with Crippen molar-refractivity contribution in [2.45, 2.75) is 32.2 Å². The lowest BCUT2D eigenvalue weighted by atomic mass is 9.95. The summed E-state index contributed by atoms with van der Waals surface area (Å²) < 4.78 is 14.8. The van der Waals surface area contributed by atoms with E-state index < -0.39 is 0 Å². The van der Waals surface area contributed by atoms with E-state index in [1.54, 1.807) is 11.0 Å². The lowest BCUT2D eigenvalue weighted by Gasteiger charge is -2.19. The van der Waals surface area contributed by atoms with Crippen molar-refractivity contribution in [3.63, 3.8) is 0 Å². The van der Waals surface area contributed by atoms with Gasteiger partial charge in [-0.1, -0.05) is 26.0 Å². The molecule has 1 aromatic carbocycles. The normalized spacial score (nSPS) is 12.8. The number of hydrogen-bond acceptors (Lipinski definition) is 3. The van der Waals surface area contributed by atoms with Crippen LogP contribution < -0.4 is 5.32 Å². The minimum absolute atomic E-state index is 0.206. The maximum absolute atomic E-state index is 13.1. The van der Waals surface area contributed by atoms with Crippen LogP contribution >= 0.6 is 0 Å². The first-order chi connectivity index (χ1) is 9.56. The number of nitrogens with zero attached hydrogens (tertiary/aromatic N) is 3. The predicted octanol–water partition coefficient (Wildman–Crippen LogP) is 2.28. The van der Waals surface area contributed by atoms with Gasteiger partial charge in [0.25, 0.3) is 0 Å². The molecule has 0 spiro atoms. The highest BCUT2D eigenvalue weighted by molar-refractivity contribution is 5.22. The smallest absolute Gasteiger partial charge is 0.138 e. The van der Waals surface area contributed by atoms with Crippen molar-refractivity contribution in [1.29, 1.82) is 0 Å². The molecule has 2 aromatic rings. The van der Waals surface area contributed by atoms with Gasteiger partial charge in [-0.15, -0.1) is 0 Å². The molecule has 1 atom stereocenters. The highest BCUT2D eigenvalue weighted by Crippen LogP contribution is 2.20. The number of benzene rings is 1.